The van der Waals surface area contributed by atoms with Crippen LogP contribution in [0.4, 0.5) is 0 Å². The van der Waals surface area contributed by atoms with Crippen molar-refractivity contribution in [3.05, 3.63) is 35.9 Å². The molecule has 0 spiro atoms. The van der Waals surface area contributed by atoms with Gasteiger partial charge >= 0.3 is 5.97 Å². The number of ketones is 1. The van der Waals surface area contributed by atoms with Gasteiger partial charge in [-0.25, -0.2) is 0 Å². The Morgan fingerprint density at radius 2 is 1.96 bits per heavy atom. The van der Waals surface area contributed by atoms with Crippen LogP contribution in [-0.4, -0.2) is 30.1 Å². The summed E-state index contributed by atoms with van der Waals surface area (Å²) in [5, 5.41) is 9.71. The van der Waals surface area contributed by atoms with E-state index in [2.05, 4.69) is 6.92 Å². The Kier molecular flexibility index (Phi) is 4.53. The van der Waals surface area contributed by atoms with Crippen molar-refractivity contribution in [3.8, 4) is 0 Å². The Balaban J connectivity index is 1.87. The summed E-state index contributed by atoms with van der Waals surface area (Å²) in [6.45, 7) is 3.91. The molecule has 0 bridgehead atoms. The van der Waals surface area contributed by atoms with Crippen LogP contribution >= 0.6 is 0 Å². The molecule has 0 saturated heterocycles. The van der Waals surface area contributed by atoms with E-state index in [1.807, 2.05) is 30.3 Å². The maximum atomic E-state index is 13.0. The van der Waals surface area contributed by atoms with E-state index in [4.69, 9.17) is 4.74 Å². The van der Waals surface area contributed by atoms with Gasteiger partial charge in [-0.3, -0.25) is 9.59 Å². The van der Waals surface area contributed by atoms with Gasteiger partial charge < -0.3 is 9.84 Å². The Morgan fingerprint density at radius 3 is 2.57 bits per heavy atom. The summed E-state index contributed by atoms with van der Waals surface area (Å²) < 4.78 is 5.22. The van der Waals surface area contributed by atoms with Crippen LogP contribution in [0.5, 0.6) is 0 Å². The smallest absolute Gasteiger partial charge is 0.302 e. The number of benzene rings is 1. The molecular weight excluding hydrogens is 292 g/mol. The molecule has 1 aromatic rings. The van der Waals surface area contributed by atoms with Gasteiger partial charge in [0, 0.05) is 25.4 Å². The number of hydrogen-bond donors (Lipinski definition) is 1. The third-order valence-electron chi connectivity index (χ3n) is 5.73. The Morgan fingerprint density at radius 1 is 1.26 bits per heavy atom. The Bertz CT molecular complexity index is 582. The molecule has 2 saturated carbocycles. The second-order valence-corrected chi connectivity index (χ2v) is 6.99. The fraction of sp³-hybridized carbons (Fsp3) is 0.579. The number of carbonyl (C=O) groups excluding carboxylic acids is 2. The van der Waals surface area contributed by atoms with Gasteiger partial charge in [0.1, 0.15) is 5.78 Å². The number of aliphatic hydroxyl groups is 1. The summed E-state index contributed by atoms with van der Waals surface area (Å²) in [6, 6.07) is 9.89. The number of carbonyl (C=O) groups is 2. The molecule has 0 aliphatic heterocycles. The number of Topliss-reactive ketones (excluding diaryl/α,β-unsaturated/α-hetero) is 1. The SMILES string of the molecule is CC(=O)OC[C@@H]1C[C@H](CO)[C@H]2C(=O)[C@@H](c3ccccc3)[C@H](C)[C@@H]12. The number of ether oxygens (including phenoxy) is 1. The summed E-state index contributed by atoms with van der Waals surface area (Å²) in [4.78, 5) is 24.2. The third-order valence-corrected chi connectivity index (χ3v) is 5.73. The molecule has 124 valence electrons. The first-order valence-corrected chi connectivity index (χ1v) is 8.37. The Hall–Kier alpha value is -1.68. The third kappa shape index (κ3) is 2.80. The number of rotatable bonds is 4. The lowest BCUT2D eigenvalue weighted by atomic mass is 9.81. The first-order valence-electron chi connectivity index (χ1n) is 8.37. The van der Waals surface area contributed by atoms with Gasteiger partial charge in [-0.1, -0.05) is 37.3 Å². The van der Waals surface area contributed by atoms with E-state index >= 15 is 0 Å². The highest BCUT2D eigenvalue weighted by Gasteiger charge is 2.57. The highest BCUT2D eigenvalue weighted by Crippen LogP contribution is 2.56. The van der Waals surface area contributed by atoms with Crippen LogP contribution in [0.25, 0.3) is 0 Å². The summed E-state index contributed by atoms with van der Waals surface area (Å²) in [7, 11) is 0. The van der Waals surface area contributed by atoms with Crippen molar-refractivity contribution in [2.75, 3.05) is 13.2 Å². The molecular formula is C19H24O4. The number of hydrogen-bond acceptors (Lipinski definition) is 4. The number of esters is 1. The molecule has 23 heavy (non-hydrogen) atoms. The predicted molar refractivity (Wildman–Crippen MR) is 85.6 cm³/mol. The number of aliphatic hydroxyl groups excluding tert-OH is 1. The first-order chi connectivity index (χ1) is 11.0. The van der Waals surface area contributed by atoms with E-state index in [0.717, 1.165) is 12.0 Å². The second kappa shape index (κ2) is 6.44. The fourth-order valence-corrected chi connectivity index (χ4v) is 4.89. The van der Waals surface area contributed by atoms with E-state index < -0.39 is 0 Å². The van der Waals surface area contributed by atoms with Gasteiger partial charge in [-0.15, -0.1) is 0 Å². The lowest BCUT2D eigenvalue weighted by Gasteiger charge is -2.24. The molecule has 4 nitrogen and oxygen atoms in total. The minimum absolute atomic E-state index is 0.00998. The van der Waals surface area contributed by atoms with Crippen LogP contribution in [0.1, 0.15) is 31.7 Å². The normalized spacial score (nSPS) is 36.0. The molecule has 0 amide bonds. The predicted octanol–water partition coefficient (Wildman–Crippen LogP) is 2.41. The van der Waals surface area contributed by atoms with Gasteiger partial charge in [0.25, 0.3) is 0 Å². The molecule has 2 aliphatic carbocycles. The lowest BCUT2D eigenvalue weighted by Crippen LogP contribution is -2.23. The second-order valence-electron chi connectivity index (χ2n) is 6.99. The van der Waals surface area contributed by atoms with Crippen LogP contribution in [0.15, 0.2) is 30.3 Å². The zero-order valence-corrected chi connectivity index (χ0v) is 13.6. The molecule has 0 heterocycles. The van der Waals surface area contributed by atoms with E-state index in [9.17, 15) is 14.7 Å². The van der Waals surface area contributed by atoms with Crippen molar-refractivity contribution < 1.29 is 19.4 Å². The van der Waals surface area contributed by atoms with Crippen molar-refractivity contribution in [3.63, 3.8) is 0 Å². The standard InChI is InChI=1S/C19H24O4/c1-11-16-15(10-23-12(2)21)8-14(9-20)18(16)19(22)17(11)13-6-4-3-5-7-13/h3-7,11,14-18,20H,8-10H2,1-2H3/t11-,14-,15+,16+,17-,18-/m1/s1. The lowest BCUT2D eigenvalue weighted by molar-refractivity contribution is -0.142. The van der Waals surface area contributed by atoms with E-state index in [-0.39, 0.29) is 53.9 Å². The Labute approximate surface area is 136 Å². The quantitative estimate of drug-likeness (QED) is 0.867. The highest BCUT2D eigenvalue weighted by atomic mass is 16.5. The largest absolute Gasteiger partial charge is 0.466 e. The molecule has 0 radical (unpaired) electrons. The molecule has 2 fully saturated rings. The summed E-state index contributed by atoms with van der Waals surface area (Å²) in [5.41, 5.74) is 1.06. The average molecular weight is 316 g/mol. The van der Waals surface area contributed by atoms with Crippen molar-refractivity contribution in [1.82, 2.24) is 0 Å². The van der Waals surface area contributed by atoms with Crippen LogP contribution in [0.2, 0.25) is 0 Å². The maximum absolute atomic E-state index is 13.0. The van der Waals surface area contributed by atoms with Crippen molar-refractivity contribution in [2.24, 2.45) is 29.6 Å². The van der Waals surface area contributed by atoms with Crippen LogP contribution in [0, 0.1) is 29.6 Å². The summed E-state index contributed by atoms with van der Waals surface area (Å²) in [6.07, 6.45) is 0.761. The topological polar surface area (TPSA) is 63.6 Å². The van der Waals surface area contributed by atoms with Crippen molar-refractivity contribution in [1.29, 1.82) is 0 Å². The molecule has 6 atom stereocenters. The van der Waals surface area contributed by atoms with E-state index in [1.165, 1.54) is 6.92 Å². The zero-order chi connectivity index (χ0) is 16.6. The van der Waals surface area contributed by atoms with E-state index in [1.54, 1.807) is 0 Å². The summed E-state index contributed by atoms with van der Waals surface area (Å²) >= 11 is 0. The van der Waals surface area contributed by atoms with Crippen molar-refractivity contribution >= 4 is 11.8 Å². The van der Waals surface area contributed by atoms with Gasteiger partial charge in [0.15, 0.2) is 0 Å². The van der Waals surface area contributed by atoms with Gasteiger partial charge in [0.2, 0.25) is 0 Å². The molecule has 1 N–H and O–H groups in total. The molecule has 0 unspecified atom stereocenters. The first kappa shape index (κ1) is 16.2. The van der Waals surface area contributed by atoms with Gasteiger partial charge in [-0.05, 0) is 35.7 Å². The molecule has 0 aromatic heterocycles. The minimum Gasteiger partial charge on any atom is -0.466 e. The molecule has 2 aliphatic rings. The monoisotopic (exact) mass is 316 g/mol. The van der Waals surface area contributed by atoms with Crippen LogP contribution in [0.3, 0.4) is 0 Å². The van der Waals surface area contributed by atoms with Gasteiger partial charge in [-0.2, -0.15) is 0 Å². The van der Waals surface area contributed by atoms with E-state index in [0.29, 0.717) is 6.61 Å². The van der Waals surface area contributed by atoms with Crippen LogP contribution in [-0.2, 0) is 14.3 Å². The van der Waals surface area contributed by atoms with Crippen LogP contribution < -0.4 is 0 Å². The molecule has 4 heteroatoms. The maximum Gasteiger partial charge on any atom is 0.302 e. The minimum atomic E-state index is -0.286. The molecule has 1 aromatic carbocycles. The highest BCUT2D eigenvalue weighted by molar-refractivity contribution is 5.91. The zero-order valence-electron chi connectivity index (χ0n) is 13.6. The fourth-order valence-electron chi connectivity index (χ4n) is 4.89. The average Bonchev–Trinajstić information content (AvgIpc) is 3.03. The molecule has 3 rings (SSSR count). The van der Waals surface area contributed by atoms with Gasteiger partial charge in [0.05, 0.1) is 6.61 Å². The number of fused-ring (bicyclic) bond motifs is 1. The van der Waals surface area contributed by atoms with Crippen molar-refractivity contribution in [2.45, 2.75) is 26.2 Å². The summed E-state index contributed by atoms with van der Waals surface area (Å²) in [5.74, 6) is 0.277.